The van der Waals surface area contributed by atoms with Crippen molar-refractivity contribution in [3.05, 3.63) is 41.2 Å². The second-order valence-electron chi connectivity index (χ2n) is 6.90. The van der Waals surface area contributed by atoms with E-state index in [-0.39, 0.29) is 31.1 Å². The Labute approximate surface area is 168 Å². The molecule has 0 atom stereocenters. The number of benzene rings is 1. The normalized spacial score (nSPS) is 16.0. The van der Waals surface area contributed by atoms with E-state index in [1.165, 1.54) is 20.0 Å². The van der Waals surface area contributed by atoms with Gasteiger partial charge in [-0.15, -0.1) is 0 Å². The summed E-state index contributed by atoms with van der Waals surface area (Å²) in [5.41, 5.74) is 0.433. The van der Waals surface area contributed by atoms with Gasteiger partial charge >= 0.3 is 6.03 Å². The number of hydrogen-bond acceptors (Lipinski definition) is 4. The fourth-order valence-electron chi connectivity index (χ4n) is 3.40. The number of sulfonamides is 1. The van der Waals surface area contributed by atoms with E-state index in [0.717, 1.165) is 12.1 Å². The molecule has 0 radical (unpaired) electrons. The average Bonchev–Trinajstić information content (AvgIpc) is 2.82. The number of rotatable bonds is 3. The quantitative estimate of drug-likeness (QED) is 0.814. The maximum absolute atomic E-state index is 13.8. The van der Waals surface area contributed by atoms with Crippen molar-refractivity contribution in [3.63, 3.8) is 0 Å². The molecule has 0 bridgehead atoms. The Morgan fingerprint density at radius 3 is 2.34 bits per heavy atom. The fourth-order valence-corrected chi connectivity index (χ4v) is 5.27. The third kappa shape index (κ3) is 4.10. The maximum atomic E-state index is 13.8. The lowest BCUT2D eigenvalue weighted by molar-refractivity contribution is 0.214. The first-order valence-electron chi connectivity index (χ1n) is 9.13. The second kappa shape index (κ2) is 8.07. The molecule has 2 heterocycles. The Morgan fingerprint density at radius 1 is 1.10 bits per heavy atom. The number of hydrogen-bond donors (Lipinski definition) is 1. The van der Waals surface area contributed by atoms with Crippen LogP contribution in [-0.4, -0.2) is 59.6 Å². The number of aryl methyl sites for hydroxylation is 2. The number of urea groups is 1. The largest absolute Gasteiger partial charge is 0.323 e. The second-order valence-corrected chi connectivity index (χ2v) is 8.77. The maximum Gasteiger partial charge on any atom is 0.322 e. The summed E-state index contributed by atoms with van der Waals surface area (Å²) in [4.78, 5) is 14.0. The molecule has 0 saturated carbocycles. The molecule has 29 heavy (non-hydrogen) atoms. The molecule has 1 N–H and O–H groups in total. The molecule has 2 aromatic rings. The Morgan fingerprint density at radius 2 is 1.76 bits per heavy atom. The summed E-state index contributed by atoms with van der Waals surface area (Å²) in [6, 6.07) is 2.63. The molecule has 1 saturated heterocycles. The van der Waals surface area contributed by atoms with E-state index in [4.69, 9.17) is 0 Å². The number of para-hydroxylation sites is 1. The Bertz CT molecular complexity index is 1020. The average molecular weight is 427 g/mol. The molecule has 158 valence electrons. The lowest BCUT2D eigenvalue weighted by Crippen LogP contribution is -2.39. The summed E-state index contributed by atoms with van der Waals surface area (Å²) in [5.74, 6) is -1.75. The van der Waals surface area contributed by atoms with Crippen molar-refractivity contribution in [2.24, 2.45) is 7.05 Å². The number of halogens is 2. The van der Waals surface area contributed by atoms with Crippen LogP contribution in [0.4, 0.5) is 19.3 Å². The smallest absolute Gasteiger partial charge is 0.322 e. The standard InChI is InChI=1S/C18H23F2N5O3S/c1-12-17(13(2)23(3)22-12)29(27,28)25-9-5-8-24(10-11-25)18(26)21-16-14(19)6-4-7-15(16)20/h4,6-7H,5,8-11H2,1-3H3,(H,21,26). The van der Waals surface area contributed by atoms with Gasteiger partial charge in [0.15, 0.2) is 0 Å². The van der Waals surface area contributed by atoms with Crippen molar-refractivity contribution in [2.75, 3.05) is 31.5 Å². The van der Waals surface area contributed by atoms with Crippen LogP contribution in [-0.2, 0) is 17.1 Å². The summed E-state index contributed by atoms with van der Waals surface area (Å²) in [7, 11) is -2.10. The van der Waals surface area contributed by atoms with Crippen LogP contribution in [0, 0.1) is 25.5 Å². The first-order chi connectivity index (χ1) is 13.6. The van der Waals surface area contributed by atoms with Crippen molar-refractivity contribution < 1.29 is 22.0 Å². The molecular weight excluding hydrogens is 404 g/mol. The minimum absolute atomic E-state index is 0.0727. The van der Waals surface area contributed by atoms with E-state index >= 15 is 0 Å². The van der Waals surface area contributed by atoms with Crippen molar-refractivity contribution in [1.82, 2.24) is 19.0 Å². The minimum Gasteiger partial charge on any atom is -0.323 e. The summed E-state index contributed by atoms with van der Waals surface area (Å²) in [6.07, 6.45) is 0.394. The minimum atomic E-state index is -3.78. The molecule has 0 aliphatic carbocycles. The van der Waals surface area contributed by atoms with Crippen LogP contribution < -0.4 is 5.32 Å². The summed E-state index contributed by atoms with van der Waals surface area (Å²) in [6.45, 7) is 3.99. The Hall–Kier alpha value is -2.53. The van der Waals surface area contributed by atoms with Crippen LogP contribution in [0.25, 0.3) is 0 Å². The summed E-state index contributed by atoms with van der Waals surface area (Å²) >= 11 is 0. The van der Waals surface area contributed by atoms with Gasteiger partial charge < -0.3 is 10.2 Å². The van der Waals surface area contributed by atoms with Crippen LogP contribution in [0.2, 0.25) is 0 Å². The first-order valence-corrected chi connectivity index (χ1v) is 10.6. The van der Waals surface area contributed by atoms with Crippen LogP contribution >= 0.6 is 0 Å². The van der Waals surface area contributed by atoms with Gasteiger partial charge in [0.2, 0.25) is 10.0 Å². The topological polar surface area (TPSA) is 87.5 Å². The predicted octanol–water partition coefficient (Wildman–Crippen LogP) is 2.24. The van der Waals surface area contributed by atoms with Gasteiger partial charge in [-0.1, -0.05) is 6.07 Å². The molecule has 1 fully saturated rings. The van der Waals surface area contributed by atoms with E-state index in [1.54, 1.807) is 20.9 Å². The number of anilines is 1. The lowest BCUT2D eigenvalue weighted by atomic mass is 10.3. The Kier molecular flexibility index (Phi) is 5.90. The lowest BCUT2D eigenvalue weighted by Gasteiger charge is -2.22. The number of nitrogens with one attached hydrogen (secondary N) is 1. The van der Waals surface area contributed by atoms with Gasteiger partial charge in [-0.25, -0.2) is 22.0 Å². The number of amides is 2. The number of nitrogens with zero attached hydrogens (tertiary/aromatic N) is 4. The Balaban J connectivity index is 1.74. The van der Waals surface area contributed by atoms with Gasteiger partial charge in [0.25, 0.3) is 0 Å². The molecule has 11 heteroatoms. The highest BCUT2D eigenvalue weighted by Crippen LogP contribution is 2.24. The van der Waals surface area contributed by atoms with E-state index in [2.05, 4.69) is 10.4 Å². The van der Waals surface area contributed by atoms with E-state index in [0.29, 0.717) is 17.8 Å². The molecule has 1 aromatic carbocycles. The van der Waals surface area contributed by atoms with Gasteiger partial charge in [-0.05, 0) is 32.4 Å². The van der Waals surface area contributed by atoms with Crippen LogP contribution in [0.3, 0.4) is 0 Å². The third-order valence-electron chi connectivity index (χ3n) is 4.98. The molecular formula is C18H23F2N5O3S. The zero-order valence-corrected chi connectivity index (χ0v) is 17.3. The molecule has 3 rings (SSSR count). The highest BCUT2D eigenvalue weighted by molar-refractivity contribution is 7.89. The highest BCUT2D eigenvalue weighted by atomic mass is 32.2. The van der Waals surface area contributed by atoms with Crippen molar-refractivity contribution >= 4 is 21.7 Å². The summed E-state index contributed by atoms with van der Waals surface area (Å²) in [5, 5.41) is 6.41. The van der Waals surface area contributed by atoms with Crippen LogP contribution in [0.5, 0.6) is 0 Å². The zero-order valence-electron chi connectivity index (χ0n) is 16.4. The van der Waals surface area contributed by atoms with Gasteiger partial charge in [-0.2, -0.15) is 9.40 Å². The molecule has 8 nitrogen and oxygen atoms in total. The molecule has 0 spiro atoms. The van der Waals surface area contributed by atoms with E-state index in [9.17, 15) is 22.0 Å². The molecule has 2 amide bonds. The fraction of sp³-hybridized carbons (Fsp3) is 0.444. The first kappa shape index (κ1) is 21.2. The van der Waals surface area contributed by atoms with Crippen LogP contribution in [0.1, 0.15) is 17.8 Å². The predicted molar refractivity (Wildman–Crippen MR) is 103 cm³/mol. The SMILES string of the molecule is Cc1nn(C)c(C)c1S(=O)(=O)N1CCCN(C(=O)Nc2c(F)cccc2F)CC1. The number of carbonyl (C=O) groups is 1. The highest BCUT2D eigenvalue weighted by Gasteiger charge is 2.32. The molecule has 1 aliphatic heterocycles. The monoisotopic (exact) mass is 427 g/mol. The zero-order chi connectivity index (χ0) is 21.3. The van der Waals surface area contributed by atoms with Gasteiger partial charge in [-0.3, -0.25) is 4.68 Å². The van der Waals surface area contributed by atoms with Gasteiger partial charge in [0.05, 0.1) is 11.4 Å². The van der Waals surface area contributed by atoms with Crippen LogP contribution in [0.15, 0.2) is 23.1 Å². The van der Waals surface area contributed by atoms with Crippen molar-refractivity contribution in [1.29, 1.82) is 0 Å². The van der Waals surface area contributed by atoms with Crippen molar-refractivity contribution in [2.45, 2.75) is 25.2 Å². The van der Waals surface area contributed by atoms with Gasteiger partial charge in [0.1, 0.15) is 22.2 Å². The molecule has 0 unspecified atom stereocenters. The van der Waals surface area contributed by atoms with Crippen molar-refractivity contribution in [3.8, 4) is 0 Å². The van der Waals surface area contributed by atoms with E-state index in [1.807, 2.05) is 0 Å². The van der Waals surface area contributed by atoms with E-state index < -0.39 is 33.4 Å². The molecule has 1 aliphatic rings. The summed E-state index contributed by atoms with van der Waals surface area (Å²) < 4.78 is 56.6. The number of carbonyl (C=O) groups excluding carboxylic acids is 1. The van der Waals surface area contributed by atoms with Gasteiger partial charge in [0, 0.05) is 33.2 Å². The third-order valence-corrected chi connectivity index (χ3v) is 7.13. The molecule has 1 aromatic heterocycles. The number of aromatic nitrogens is 2.